The van der Waals surface area contributed by atoms with Crippen molar-refractivity contribution in [2.45, 2.75) is 38.3 Å². The van der Waals surface area contributed by atoms with Crippen molar-refractivity contribution >= 4 is 5.91 Å². The van der Waals surface area contributed by atoms with Crippen LogP contribution in [0.15, 0.2) is 24.4 Å². The number of likely N-dealkylation sites (tertiary alicyclic amines) is 1. The van der Waals surface area contributed by atoms with Gasteiger partial charge in [-0.1, -0.05) is 6.07 Å². The highest BCUT2D eigenvalue weighted by Crippen LogP contribution is 2.30. The molecule has 0 radical (unpaired) electrons. The number of amides is 1. The number of hydrogen-bond acceptors (Lipinski definition) is 6. The molecule has 1 aromatic heterocycles. The Bertz CT molecular complexity index is 902. The van der Waals surface area contributed by atoms with Gasteiger partial charge in [0.1, 0.15) is 5.82 Å². The van der Waals surface area contributed by atoms with Gasteiger partial charge in [0.05, 0.1) is 32.4 Å². The van der Waals surface area contributed by atoms with Crippen LogP contribution in [0.25, 0.3) is 0 Å². The van der Waals surface area contributed by atoms with Gasteiger partial charge >= 0.3 is 0 Å². The monoisotopic (exact) mass is 396 g/mol. The maximum Gasteiger partial charge on any atom is 0.227 e. The van der Waals surface area contributed by atoms with E-state index < -0.39 is 0 Å². The Morgan fingerprint density at radius 3 is 2.76 bits per heavy atom. The zero-order valence-corrected chi connectivity index (χ0v) is 17.4. The number of aromatic nitrogens is 2. The second-order valence-corrected chi connectivity index (χ2v) is 7.77. The summed E-state index contributed by atoms with van der Waals surface area (Å²) >= 11 is 0. The molecule has 1 atom stereocenters. The summed E-state index contributed by atoms with van der Waals surface area (Å²) in [4.78, 5) is 26.5. The van der Waals surface area contributed by atoms with Crippen LogP contribution in [-0.2, 0) is 24.2 Å². The lowest BCUT2D eigenvalue weighted by Gasteiger charge is -2.29. The number of rotatable bonds is 5. The van der Waals surface area contributed by atoms with E-state index in [0.717, 1.165) is 42.0 Å². The van der Waals surface area contributed by atoms with Gasteiger partial charge in [0.2, 0.25) is 5.91 Å². The van der Waals surface area contributed by atoms with Crippen molar-refractivity contribution in [3.05, 3.63) is 47.0 Å². The predicted molar refractivity (Wildman–Crippen MR) is 109 cm³/mol. The summed E-state index contributed by atoms with van der Waals surface area (Å²) in [7, 11) is 5.34. The van der Waals surface area contributed by atoms with Gasteiger partial charge in [0.25, 0.3) is 0 Å². The summed E-state index contributed by atoms with van der Waals surface area (Å²) in [5.41, 5.74) is 3.06. The van der Waals surface area contributed by atoms with Gasteiger partial charge in [0, 0.05) is 31.3 Å². The zero-order chi connectivity index (χ0) is 20.4. The molecule has 0 bridgehead atoms. The Morgan fingerprint density at radius 1 is 1.21 bits per heavy atom. The number of benzene rings is 1. The number of methoxy groups -OCH3 is 2. The van der Waals surface area contributed by atoms with Crippen molar-refractivity contribution in [3.63, 3.8) is 0 Å². The topological polar surface area (TPSA) is 67.8 Å². The first-order valence-corrected chi connectivity index (χ1v) is 10.1. The third-order valence-electron chi connectivity index (χ3n) is 5.93. The Morgan fingerprint density at radius 2 is 2.03 bits per heavy atom. The molecule has 0 unspecified atom stereocenters. The van der Waals surface area contributed by atoms with E-state index in [1.807, 2.05) is 29.3 Å². The molecule has 2 aliphatic heterocycles. The number of hydrogen-bond donors (Lipinski definition) is 0. The van der Waals surface area contributed by atoms with Crippen LogP contribution < -0.4 is 9.47 Å². The molecule has 0 N–H and O–H groups in total. The lowest BCUT2D eigenvalue weighted by molar-refractivity contribution is -0.131. The highest BCUT2D eigenvalue weighted by molar-refractivity contribution is 5.79. The molecule has 2 aliphatic rings. The average Bonchev–Trinajstić information content (AvgIpc) is 3.18. The van der Waals surface area contributed by atoms with Crippen LogP contribution in [0.2, 0.25) is 0 Å². The van der Waals surface area contributed by atoms with E-state index >= 15 is 0 Å². The summed E-state index contributed by atoms with van der Waals surface area (Å²) in [6.07, 6.45) is 5.34. The standard InChI is InChI=1S/C22H28N4O3/c1-25-9-4-5-18(25)22-23-13-16-14-26(10-8-17(16)24-22)21(27)12-15-6-7-19(28-2)20(11-15)29-3/h6-7,11,13,18H,4-5,8-10,12,14H2,1-3H3/t18-/m0/s1. The minimum Gasteiger partial charge on any atom is -0.493 e. The molecule has 7 heteroatoms. The van der Waals surface area contributed by atoms with Crippen molar-refractivity contribution in [2.75, 3.05) is 34.4 Å². The third-order valence-corrected chi connectivity index (χ3v) is 5.93. The van der Waals surface area contributed by atoms with Crippen LogP contribution in [0.3, 0.4) is 0 Å². The van der Waals surface area contributed by atoms with Gasteiger partial charge in [-0.2, -0.15) is 0 Å². The van der Waals surface area contributed by atoms with Gasteiger partial charge in [0.15, 0.2) is 11.5 Å². The van der Waals surface area contributed by atoms with Crippen molar-refractivity contribution in [1.82, 2.24) is 19.8 Å². The molecule has 29 heavy (non-hydrogen) atoms. The number of ether oxygens (including phenoxy) is 2. The first-order valence-electron chi connectivity index (χ1n) is 10.1. The van der Waals surface area contributed by atoms with Gasteiger partial charge in [-0.25, -0.2) is 9.97 Å². The number of carbonyl (C=O) groups is 1. The first kappa shape index (κ1) is 19.6. The van der Waals surface area contributed by atoms with Crippen molar-refractivity contribution in [3.8, 4) is 11.5 Å². The number of fused-ring (bicyclic) bond motifs is 1. The molecule has 1 fully saturated rings. The Balaban J connectivity index is 1.43. The molecule has 0 saturated carbocycles. The second-order valence-electron chi connectivity index (χ2n) is 7.77. The fourth-order valence-corrected chi connectivity index (χ4v) is 4.22. The van der Waals surface area contributed by atoms with Crippen LogP contribution in [0.5, 0.6) is 11.5 Å². The number of carbonyl (C=O) groups excluding carboxylic acids is 1. The maximum absolute atomic E-state index is 12.9. The van der Waals surface area contributed by atoms with Crippen LogP contribution in [0.4, 0.5) is 0 Å². The third kappa shape index (κ3) is 4.05. The Hall–Kier alpha value is -2.67. The first-order chi connectivity index (χ1) is 14.1. The van der Waals surface area contributed by atoms with Crippen molar-refractivity contribution in [2.24, 2.45) is 0 Å². The fraction of sp³-hybridized carbons (Fsp3) is 0.500. The largest absolute Gasteiger partial charge is 0.493 e. The molecule has 2 aromatic rings. The van der Waals surface area contributed by atoms with Crippen LogP contribution >= 0.6 is 0 Å². The molecule has 1 aromatic carbocycles. The lowest BCUT2D eigenvalue weighted by atomic mass is 10.0. The quantitative estimate of drug-likeness (QED) is 0.773. The van der Waals surface area contributed by atoms with E-state index in [1.54, 1.807) is 14.2 Å². The average molecular weight is 396 g/mol. The van der Waals surface area contributed by atoms with Gasteiger partial charge < -0.3 is 14.4 Å². The predicted octanol–water partition coefficient (Wildman–Crippen LogP) is 2.39. The highest BCUT2D eigenvalue weighted by atomic mass is 16.5. The molecule has 0 spiro atoms. The van der Waals surface area contributed by atoms with Gasteiger partial charge in [-0.15, -0.1) is 0 Å². The summed E-state index contributed by atoms with van der Waals surface area (Å²) in [5.74, 6) is 2.33. The molecule has 1 saturated heterocycles. The summed E-state index contributed by atoms with van der Waals surface area (Å²) < 4.78 is 10.6. The van der Waals surface area contributed by atoms with Gasteiger partial charge in [-0.05, 0) is 44.1 Å². The molecule has 4 rings (SSSR count). The maximum atomic E-state index is 12.9. The van der Waals surface area contributed by atoms with Crippen LogP contribution in [0.1, 0.15) is 41.5 Å². The fourth-order valence-electron chi connectivity index (χ4n) is 4.22. The molecule has 0 aliphatic carbocycles. The smallest absolute Gasteiger partial charge is 0.227 e. The normalized spacial score (nSPS) is 19.1. The highest BCUT2D eigenvalue weighted by Gasteiger charge is 2.28. The van der Waals surface area contributed by atoms with E-state index in [2.05, 4.69) is 16.9 Å². The van der Waals surface area contributed by atoms with E-state index in [4.69, 9.17) is 14.5 Å². The van der Waals surface area contributed by atoms with E-state index in [-0.39, 0.29) is 5.91 Å². The molecule has 7 nitrogen and oxygen atoms in total. The number of nitrogens with zero attached hydrogens (tertiary/aromatic N) is 4. The summed E-state index contributed by atoms with van der Waals surface area (Å²) in [6, 6.07) is 5.93. The molecule has 3 heterocycles. The summed E-state index contributed by atoms with van der Waals surface area (Å²) in [5, 5.41) is 0. The molecule has 154 valence electrons. The van der Waals surface area contributed by atoms with E-state index in [1.165, 1.54) is 6.42 Å². The molecular formula is C22H28N4O3. The van der Waals surface area contributed by atoms with Crippen LogP contribution in [0, 0.1) is 0 Å². The SMILES string of the molecule is COc1ccc(CC(=O)N2CCc3nc([C@@H]4CCCN4C)ncc3C2)cc1OC. The molecular weight excluding hydrogens is 368 g/mol. The van der Waals surface area contributed by atoms with E-state index in [9.17, 15) is 4.79 Å². The zero-order valence-electron chi connectivity index (χ0n) is 17.4. The van der Waals surface area contributed by atoms with Gasteiger partial charge in [-0.3, -0.25) is 9.69 Å². The minimum absolute atomic E-state index is 0.0995. The summed E-state index contributed by atoms with van der Waals surface area (Å²) in [6.45, 7) is 2.36. The van der Waals surface area contributed by atoms with Crippen molar-refractivity contribution in [1.29, 1.82) is 0 Å². The van der Waals surface area contributed by atoms with Crippen molar-refractivity contribution < 1.29 is 14.3 Å². The van der Waals surface area contributed by atoms with E-state index in [0.29, 0.717) is 37.1 Å². The Labute approximate surface area is 171 Å². The second kappa shape index (κ2) is 8.37. The molecule has 1 amide bonds. The Kier molecular flexibility index (Phi) is 5.67. The van der Waals surface area contributed by atoms with Crippen LogP contribution in [-0.4, -0.2) is 60.0 Å². The minimum atomic E-state index is 0.0995. The lowest BCUT2D eigenvalue weighted by Crippen LogP contribution is -2.37.